The number of nitrogens with zero attached hydrogens (tertiary/aromatic N) is 4. The lowest BCUT2D eigenvalue weighted by molar-refractivity contribution is -0.153. The third-order valence-corrected chi connectivity index (χ3v) is 4.83. The van der Waals surface area contributed by atoms with Gasteiger partial charge in [0, 0.05) is 18.8 Å². The number of halogens is 5. The maximum absolute atomic E-state index is 13.7. The van der Waals surface area contributed by atoms with Crippen molar-refractivity contribution in [1.82, 2.24) is 14.6 Å². The van der Waals surface area contributed by atoms with Gasteiger partial charge in [0.25, 0.3) is 0 Å². The summed E-state index contributed by atoms with van der Waals surface area (Å²) in [6, 6.07) is 4.69. The Labute approximate surface area is 166 Å². The van der Waals surface area contributed by atoms with Crippen molar-refractivity contribution in [1.29, 1.82) is 0 Å². The molecule has 1 aromatic carbocycles. The van der Waals surface area contributed by atoms with Gasteiger partial charge in [0.2, 0.25) is 0 Å². The molecule has 27 heavy (non-hydrogen) atoms. The van der Waals surface area contributed by atoms with Crippen LogP contribution < -0.4 is 9.64 Å². The monoisotopic (exact) mass is 494 g/mol. The number of benzene rings is 1. The first-order valence-corrected chi connectivity index (χ1v) is 8.95. The molecular weight excluding hydrogens is 479 g/mol. The number of aromatic nitrogens is 3. The van der Waals surface area contributed by atoms with Crippen LogP contribution in [0.4, 0.5) is 23.4 Å². The predicted molar refractivity (Wildman–Crippen MR) is 100 cm³/mol. The van der Waals surface area contributed by atoms with Crippen LogP contribution in [-0.4, -0.2) is 34.4 Å². The Morgan fingerprint density at radius 1 is 1.30 bits per heavy atom. The molecule has 10 heteroatoms. The minimum absolute atomic E-state index is 0.0203. The molecule has 0 radical (unpaired) electrons. The van der Waals surface area contributed by atoms with E-state index < -0.39 is 24.6 Å². The fraction of sp³-hybridized carbons (Fsp3) is 0.294. The number of ether oxygens (including phenoxy) is 1. The SMILES string of the molecule is CC(c1cc(F)ccc1OCC(F)(F)F)N(C)c1ccn2ncc(I)c2n1. The van der Waals surface area contributed by atoms with E-state index in [1.165, 1.54) is 12.1 Å². The van der Waals surface area contributed by atoms with Gasteiger partial charge in [-0.05, 0) is 53.8 Å². The van der Waals surface area contributed by atoms with Crippen molar-refractivity contribution in [2.75, 3.05) is 18.6 Å². The van der Waals surface area contributed by atoms with Crippen LogP contribution in [-0.2, 0) is 0 Å². The highest BCUT2D eigenvalue weighted by Gasteiger charge is 2.29. The standard InChI is InChI=1S/C17H15F4IN4O/c1-10(12-7-11(18)3-4-14(12)27-9-17(19,20)21)25(2)15-5-6-26-16(24-15)13(22)8-23-26/h3-8,10H,9H2,1-2H3. The van der Waals surface area contributed by atoms with Crippen LogP contribution in [0.15, 0.2) is 36.7 Å². The fourth-order valence-electron chi connectivity index (χ4n) is 2.57. The summed E-state index contributed by atoms with van der Waals surface area (Å²) in [5.41, 5.74) is 0.951. The van der Waals surface area contributed by atoms with Crippen LogP contribution in [0.25, 0.3) is 5.65 Å². The lowest BCUT2D eigenvalue weighted by Gasteiger charge is -2.28. The minimum Gasteiger partial charge on any atom is -0.484 e. The Kier molecular flexibility index (Phi) is 5.45. The van der Waals surface area contributed by atoms with Crippen LogP contribution in [0, 0.1) is 9.39 Å². The maximum Gasteiger partial charge on any atom is 0.422 e. The topological polar surface area (TPSA) is 42.7 Å². The predicted octanol–water partition coefficient (Wildman–Crippen LogP) is 4.61. The highest BCUT2D eigenvalue weighted by atomic mass is 127. The average Bonchev–Trinajstić information content (AvgIpc) is 2.99. The molecule has 0 aliphatic carbocycles. The van der Waals surface area contributed by atoms with E-state index in [2.05, 4.69) is 32.7 Å². The Hall–Kier alpha value is -2.11. The van der Waals surface area contributed by atoms with Crippen LogP contribution in [0.1, 0.15) is 18.5 Å². The zero-order chi connectivity index (χ0) is 19.8. The number of hydrogen-bond acceptors (Lipinski definition) is 4. The van der Waals surface area contributed by atoms with E-state index >= 15 is 0 Å². The molecule has 3 rings (SSSR count). The summed E-state index contributed by atoms with van der Waals surface area (Å²) in [6.45, 7) is 0.294. The molecule has 0 saturated heterocycles. The molecule has 0 saturated carbocycles. The van der Waals surface area contributed by atoms with Crippen molar-refractivity contribution in [3.8, 4) is 5.75 Å². The molecule has 5 nitrogen and oxygen atoms in total. The summed E-state index contributed by atoms with van der Waals surface area (Å²) in [5, 5.41) is 4.15. The number of rotatable bonds is 5. The summed E-state index contributed by atoms with van der Waals surface area (Å²) in [5.74, 6) is -0.00843. The van der Waals surface area contributed by atoms with Gasteiger partial charge < -0.3 is 9.64 Å². The van der Waals surface area contributed by atoms with E-state index in [9.17, 15) is 17.6 Å². The van der Waals surface area contributed by atoms with Gasteiger partial charge in [0.15, 0.2) is 12.3 Å². The normalized spacial score (nSPS) is 13.0. The highest BCUT2D eigenvalue weighted by Crippen LogP contribution is 2.33. The summed E-state index contributed by atoms with van der Waals surface area (Å²) in [4.78, 5) is 6.26. The molecule has 144 valence electrons. The van der Waals surface area contributed by atoms with Crippen LogP contribution in [0.3, 0.4) is 0 Å². The summed E-state index contributed by atoms with van der Waals surface area (Å²) in [6.07, 6.45) is -1.08. The quantitative estimate of drug-likeness (QED) is 0.384. The van der Waals surface area contributed by atoms with Crippen molar-refractivity contribution >= 4 is 34.1 Å². The molecule has 0 fully saturated rings. The summed E-state index contributed by atoms with van der Waals surface area (Å²) in [7, 11) is 1.73. The van der Waals surface area contributed by atoms with Crippen LogP contribution in [0.2, 0.25) is 0 Å². The molecule has 0 N–H and O–H groups in total. The van der Waals surface area contributed by atoms with Gasteiger partial charge in [0.1, 0.15) is 17.4 Å². The second-order valence-corrected chi connectivity index (χ2v) is 7.08. The Balaban J connectivity index is 1.92. The molecule has 2 heterocycles. The molecule has 0 spiro atoms. The highest BCUT2D eigenvalue weighted by molar-refractivity contribution is 14.1. The Morgan fingerprint density at radius 2 is 2.04 bits per heavy atom. The number of hydrogen-bond donors (Lipinski definition) is 0. The second-order valence-electron chi connectivity index (χ2n) is 5.92. The van der Waals surface area contributed by atoms with E-state index in [0.717, 1.165) is 9.64 Å². The zero-order valence-electron chi connectivity index (χ0n) is 14.3. The third kappa shape index (κ3) is 4.42. The summed E-state index contributed by atoms with van der Waals surface area (Å²) >= 11 is 2.11. The van der Waals surface area contributed by atoms with Gasteiger partial charge >= 0.3 is 6.18 Å². The molecule has 0 aliphatic heterocycles. The first kappa shape index (κ1) is 19.6. The van der Waals surface area contributed by atoms with E-state index in [1.54, 1.807) is 41.8 Å². The first-order valence-electron chi connectivity index (χ1n) is 7.87. The van der Waals surface area contributed by atoms with Crippen molar-refractivity contribution in [3.05, 3.63) is 51.6 Å². The van der Waals surface area contributed by atoms with Gasteiger partial charge in [-0.1, -0.05) is 0 Å². The Bertz CT molecular complexity index is 960. The molecule has 2 aromatic heterocycles. The largest absolute Gasteiger partial charge is 0.484 e. The van der Waals surface area contributed by atoms with Crippen molar-refractivity contribution < 1.29 is 22.3 Å². The average molecular weight is 494 g/mol. The molecule has 3 aromatic rings. The van der Waals surface area contributed by atoms with Crippen molar-refractivity contribution in [3.63, 3.8) is 0 Å². The van der Waals surface area contributed by atoms with Gasteiger partial charge in [0.05, 0.1) is 15.8 Å². The van der Waals surface area contributed by atoms with Crippen LogP contribution in [0.5, 0.6) is 5.75 Å². The smallest absolute Gasteiger partial charge is 0.422 e. The number of fused-ring (bicyclic) bond motifs is 1. The third-order valence-electron chi connectivity index (χ3n) is 4.07. The molecule has 0 amide bonds. The van der Waals surface area contributed by atoms with Crippen molar-refractivity contribution in [2.24, 2.45) is 0 Å². The van der Waals surface area contributed by atoms with E-state index in [-0.39, 0.29) is 5.75 Å². The molecule has 1 unspecified atom stereocenters. The molecule has 0 aliphatic rings. The van der Waals surface area contributed by atoms with Crippen molar-refractivity contribution in [2.45, 2.75) is 19.1 Å². The summed E-state index contributed by atoms with van der Waals surface area (Å²) < 4.78 is 58.6. The van der Waals surface area contributed by atoms with Gasteiger partial charge in [-0.15, -0.1) is 0 Å². The Morgan fingerprint density at radius 3 is 2.74 bits per heavy atom. The number of anilines is 1. The van der Waals surface area contributed by atoms with Gasteiger partial charge in [-0.25, -0.2) is 13.9 Å². The maximum atomic E-state index is 13.7. The number of alkyl halides is 3. The molecular formula is C17H15F4IN4O. The van der Waals surface area contributed by atoms with Gasteiger partial charge in [-0.3, -0.25) is 0 Å². The first-order chi connectivity index (χ1) is 12.7. The van der Waals surface area contributed by atoms with Crippen LogP contribution >= 0.6 is 22.6 Å². The lowest BCUT2D eigenvalue weighted by atomic mass is 10.1. The second kappa shape index (κ2) is 7.49. The van der Waals surface area contributed by atoms with Gasteiger partial charge in [-0.2, -0.15) is 18.3 Å². The van der Waals surface area contributed by atoms with E-state index in [0.29, 0.717) is 17.0 Å². The fourth-order valence-corrected chi connectivity index (χ4v) is 3.06. The lowest BCUT2D eigenvalue weighted by Crippen LogP contribution is -2.25. The molecule has 1 atom stereocenters. The zero-order valence-corrected chi connectivity index (χ0v) is 16.5. The van der Waals surface area contributed by atoms with E-state index in [4.69, 9.17) is 4.74 Å². The molecule has 0 bridgehead atoms. The minimum atomic E-state index is -4.48. The van der Waals surface area contributed by atoms with E-state index in [1.807, 2.05) is 0 Å².